The van der Waals surface area contributed by atoms with Gasteiger partial charge in [0.2, 0.25) is 0 Å². The molecule has 0 aliphatic heterocycles. The Morgan fingerprint density at radius 3 is 1.92 bits per heavy atom. The second-order valence-corrected chi connectivity index (χ2v) is 6.72. The normalized spacial score (nSPS) is 15.1. The molecule has 3 rings (SSSR count). The van der Waals surface area contributed by atoms with Gasteiger partial charge in [0, 0.05) is 18.5 Å². The van der Waals surface area contributed by atoms with Crippen molar-refractivity contribution < 1.29 is 13.9 Å². The topological polar surface area (TPSA) is 32.3 Å². The second-order valence-electron chi connectivity index (χ2n) is 6.72. The van der Waals surface area contributed by atoms with Crippen LogP contribution in [0, 0.1) is 11.6 Å². The van der Waals surface area contributed by atoms with Gasteiger partial charge < -0.3 is 10.4 Å². The van der Waals surface area contributed by atoms with Crippen molar-refractivity contribution in [3.05, 3.63) is 70.3 Å². The lowest BCUT2D eigenvalue weighted by molar-refractivity contribution is 0.150. The maximum Gasteiger partial charge on any atom is 0.126 e. The fourth-order valence-electron chi connectivity index (χ4n) is 3.57. The molecule has 1 aliphatic carbocycles. The van der Waals surface area contributed by atoms with Crippen LogP contribution in [-0.2, 0) is 12.8 Å². The molecule has 0 amide bonds. The van der Waals surface area contributed by atoms with E-state index in [1.54, 1.807) is 12.1 Å². The van der Waals surface area contributed by atoms with E-state index in [1.165, 1.54) is 12.1 Å². The second kappa shape index (κ2) is 8.26. The van der Waals surface area contributed by atoms with Crippen molar-refractivity contribution in [3.8, 4) is 0 Å². The van der Waals surface area contributed by atoms with Crippen molar-refractivity contribution in [3.63, 3.8) is 0 Å². The zero-order valence-corrected chi connectivity index (χ0v) is 15.2. The highest BCUT2D eigenvalue weighted by molar-refractivity contribution is 5.85. The van der Waals surface area contributed by atoms with Crippen LogP contribution in [-0.4, -0.2) is 23.8 Å². The molecule has 0 fully saturated rings. The van der Waals surface area contributed by atoms with Gasteiger partial charge in [0.15, 0.2) is 0 Å². The van der Waals surface area contributed by atoms with E-state index in [-0.39, 0.29) is 30.1 Å². The van der Waals surface area contributed by atoms with E-state index in [4.69, 9.17) is 0 Å². The Labute approximate surface area is 153 Å². The fraction of sp³-hybridized carbons (Fsp3) is 0.400. The lowest BCUT2D eigenvalue weighted by Crippen LogP contribution is -2.36. The lowest BCUT2D eigenvalue weighted by Gasteiger charge is -2.27. The van der Waals surface area contributed by atoms with Crippen LogP contribution in [0.5, 0.6) is 0 Å². The number of hydrogen-bond acceptors (Lipinski definition) is 2. The van der Waals surface area contributed by atoms with E-state index in [0.717, 1.165) is 11.1 Å². The molecule has 1 aliphatic rings. The Morgan fingerprint density at radius 2 is 1.48 bits per heavy atom. The van der Waals surface area contributed by atoms with Crippen LogP contribution in [0.25, 0.3) is 0 Å². The van der Waals surface area contributed by atoms with Crippen molar-refractivity contribution in [1.29, 1.82) is 0 Å². The molecule has 5 heteroatoms. The predicted molar refractivity (Wildman–Crippen MR) is 98.4 cm³/mol. The van der Waals surface area contributed by atoms with Crippen LogP contribution < -0.4 is 5.32 Å². The summed E-state index contributed by atoms with van der Waals surface area (Å²) in [5, 5.41) is 14.0. The summed E-state index contributed by atoms with van der Waals surface area (Å²) < 4.78 is 28.7. The van der Waals surface area contributed by atoms with Crippen LogP contribution in [0.1, 0.15) is 42.0 Å². The summed E-state index contributed by atoms with van der Waals surface area (Å²) in [7, 11) is 0. The highest BCUT2D eigenvalue weighted by atomic mass is 35.5. The van der Waals surface area contributed by atoms with Crippen molar-refractivity contribution in [1.82, 2.24) is 5.32 Å². The van der Waals surface area contributed by atoms with Crippen molar-refractivity contribution in [2.75, 3.05) is 6.54 Å². The van der Waals surface area contributed by atoms with Gasteiger partial charge in [-0.3, -0.25) is 0 Å². The molecule has 0 saturated heterocycles. The maximum atomic E-state index is 14.3. The summed E-state index contributed by atoms with van der Waals surface area (Å²) >= 11 is 0. The number of hydrogen-bond donors (Lipinski definition) is 2. The molecule has 0 aromatic heterocycles. The van der Waals surface area contributed by atoms with Gasteiger partial charge >= 0.3 is 0 Å². The third-order valence-corrected chi connectivity index (χ3v) is 4.73. The predicted octanol–water partition coefficient (Wildman–Crippen LogP) is 3.98. The summed E-state index contributed by atoms with van der Waals surface area (Å²) in [6.07, 6.45) is 0.125. The molecule has 2 aromatic carbocycles. The first-order valence-electron chi connectivity index (χ1n) is 8.45. The monoisotopic (exact) mass is 367 g/mol. The highest BCUT2D eigenvalue weighted by Gasteiger charge is 2.31. The first-order chi connectivity index (χ1) is 11.5. The SMILES string of the molecule is CC(C)NCC(O)C1c2cccc(F)c2CCc2c(F)cccc21.Cl. The van der Waals surface area contributed by atoms with Gasteiger partial charge in [0.1, 0.15) is 11.6 Å². The van der Waals surface area contributed by atoms with E-state index in [9.17, 15) is 13.9 Å². The Hall–Kier alpha value is -1.49. The molecule has 25 heavy (non-hydrogen) atoms. The van der Waals surface area contributed by atoms with Crippen LogP contribution >= 0.6 is 12.4 Å². The highest BCUT2D eigenvalue weighted by Crippen LogP contribution is 2.38. The molecule has 2 aromatic rings. The molecule has 0 saturated carbocycles. The van der Waals surface area contributed by atoms with Gasteiger partial charge in [-0.15, -0.1) is 12.4 Å². The van der Waals surface area contributed by atoms with E-state index in [1.807, 2.05) is 26.0 Å². The first-order valence-corrected chi connectivity index (χ1v) is 8.45. The number of nitrogens with one attached hydrogen (secondary N) is 1. The zero-order chi connectivity index (χ0) is 17.3. The molecule has 0 bridgehead atoms. The summed E-state index contributed by atoms with van der Waals surface area (Å²) in [6.45, 7) is 4.37. The summed E-state index contributed by atoms with van der Waals surface area (Å²) in [4.78, 5) is 0. The van der Waals surface area contributed by atoms with Crippen molar-refractivity contribution in [2.45, 2.75) is 44.8 Å². The lowest BCUT2D eigenvalue weighted by atomic mass is 9.83. The Kier molecular flexibility index (Phi) is 6.55. The average molecular weight is 368 g/mol. The molecule has 136 valence electrons. The van der Waals surface area contributed by atoms with E-state index in [2.05, 4.69) is 5.32 Å². The van der Waals surface area contributed by atoms with Crippen molar-refractivity contribution >= 4 is 12.4 Å². The number of rotatable bonds is 4. The number of benzene rings is 2. The molecule has 1 unspecified atom stereocenters. The quantitative estimate of drug-likeness (QED) is 0.856. The molecular weight excluding hydrogens is 344 g/mol. The van der Waals surface area contributed by atoms with Gasteiger partial charge in [-0.2, -0.15) is 0 Å². The van der Waals surface area contributed by atoms with E-state index < -0.39 is 12.0 Å². The summed E-state index contributed by atoms with van der Waals surface area (Å²) in [5.74, 6) is -1.00. The number of aliphatic hydroxyl groups excluding tert-OH is 1. The standard InChI is InChI=1S/C20H23F2NO.ClH/c1-12(2)23-11-19(24)20-15-5-3-7-17(21)13(15)9-10-14-16(20)6-4-8-18(14)22;/h3-8,12,19-20,23-24H,9-11H2,1-2H3;1H. The van der Waals surface area contributed by atoms with Gasteiger partial charge in [-0.25, -0.2) is 8.78 Å². The minimum absolute atomic E-state index is 0. The van der Waals surface area contributed by atoms with Gasteiger partial charge in [0.25, 0.3) is 0 Å². The molecule has 0 heterocycles. The third-order valence-electron chi connectivity index (χ3n) is 4.73. The Bertz CT molecular complexity index is 682. The maximum absolute atomic E-state index is 14.3. The van der Waals surface area contributed by atoms with Crippen LogP contribution in [0.2, 0.25) is 0 Å². The average Bonchev–Trinajstić information content (AvgIpc) is 2.71. The van der Waals surface area contributed by atoms with E-state index >= 15 is 0 Å². The van der Waals surface area contributed by atoms with Crippen LogP contribution in [0.15, 0.2) is 36.4 Å². The third kappa shape index (κ3) is 4.02. The summed E-state index contributed by atoms with van der Waals surface area (Å²) in [6, 6.07) is 10.1. The van der Waals surface area contributed by atoms with Gasteiger partial charge in [0.05, 0.1) is 6.10 Å². The Balaban J connectivity index is 0.00000225. The zero-order valence-electron chi connectivity index (χ0n) is 14.4. The van der Waals surface area contributed by atoms with Crippen LogP contribution in [0.4, 0.5) is 8.78 Å². The van der Waals surface area contributed by atoms with Gasteiger partial charge in [-0.05, 0) is 47.2 Å². The molecular formula is C20H24ClF2NO. The van der Waals surface area contributed by atoms with Crippen LogP contribution in [0.3, 0.4) is 0 Å². The smallest absolute Gasteiger partial charge is 0.126 e. The largest absolute Gasteiger partial charge is 0.391 e. The molecule has 1 atom stereocenters. The number of fused-ring (bicyclic) bond motifs is 2. The summed E-state index contributed by atoms with van der Waals surface area (Å²) in [5.41, 5.74) is 2.69. The Morgan fingerprint density at radius 1 is 1.00 bits per heavy atom. The molecule has 2 N–H and O–H groups in total. The minimum atomic E-state index is -0.758. The first kappa shape index (κ1) is 19.8. The minimum Gasteiger partial charge on any atom is -0.391 e. The molecule has 2 nitrogen and oxygen atoms in total. The molecule has 0 radical (unpaired) electrons. The van der Waals surface area contributed by atoms with E-state index in [0.29, 0.717) is 30.5 Å². The van der Waals surface area contributed by atoms with Crippen molar-refractivity contribution in [2.24, 2.45) is 0 Å². The fourth-order valence-corrected chi connectivity index (χ4v) is 3.57. The van der Waals surface area contributed by atoms with Gasteiger partial charge in [-0.1, -0.05) is 38.1 Å². The molecule has 0 spiro atoms. The number of aliphatic hydroxyl groups is 1. The number of halogens is 3.